The molecule has 3 rings (SSSR count). The Hall–Kier alpha value is -2.06. The predicted octanol–water partition coefficient (Wildman–Crippen LogP) is 1.29. The second-order valence-electron chi connectivity index (χ2n) is 5.41. The summed E-state index contributed by atoms with van der Waals surface area (Å²) in [6.45, 7) is 2.48. The van der Waals surface area contributed by atoms with Gasteiger partial charge in [-0.05, 0) is 12.1 Å². The van der Waals surface area contributed by atoms with Crippen LogP contribution in [0.5, 0.6) is 0 Å². The molecule has 2 saturated heterocycles. The molecule has 2 heterocycles. The van der Waals surface area contributed by atoms with Crippen molar-refractivity contribution in [2.24, 2.45) is 0 Å². The zero-order valence-corrected chi connectivity index (χ0v) is 13.9. The van der Waals surface area contributed by atoms with E-state index in [1.165, 1.54) is 25.6 Å². The van der Waals surface area contributed by atoms with Crippen LogP contribution in [0, 0.1) is 0 Å². The standard InChI is InChI=1S/C16H16O7S/c1-8(17)20-13-11-12(22-15(13)19)14(21-9(2)18)16(23-11)24-10-6-4-3-5-7-10/h3-7,11-14,16H,1-2H3/t11-,12+,13+,14+,16-/m1/s1. The molecule has 1 aromatic carbocycles. The van der Waals surface area contributed by atoms with Crippen LogP contribution in [0.2, 0.25) is 0 Å². The number of hydrogen-bond acceptors (Lipinski definition) is 8. The number of thioether (sulfide) groups is 1. The molecular weight excluding hydrogens is 336 g/mol. The van der Waals surface area contributed by atoms with Crippen LogP contribution >= 0.6 is 11.8 Å². The van der Waals surface area contributed by atoms with E-state index in [4.69, 9.17) is 18.9 Å². The van der Waals surface area contributed by atoms with Gasteiger partial charge in [-0.25, -0.2) is 4.79 Å². The average molecular weight is 352 g/mol. The van der Waals surface area contributed by atoms with E-state index < -0.39 is 47.8 Å². The van der Waals surface area contributed by atoms with Gasteiger partial charge in [0.1, 0.15) is 11.5 Å². The van der Waals surface area contributed by atoms with Crippen molar-refractivity contribution >= 4 is 29.7 Å². The molecule has 0 N–H and O–H groups in total. The van der Waals surface area contributed by atoms with Gasteiger partial charge in [-0.15, -0.1) is 0 Å². The van der Waals surface area contributed by atoms with Crippen molar-refractivity contribution in [2.75, 3.05) is 0 Å². The molecule has 0 aliphatic carbocycles. The van der Waals surface area contributed by atoms with Gasteiger partial charge in [0.15, 0.2) is 12.2 Å². The van der Waals surface area contributed by atoms with E-state index >= 15 is 0 Å². The molecule has 0 aromatic heterocycles. The summed E-state index contributed by atoms with van der Waals surface area (Å²) >= 11 is 1.35. The first-order valence-electron chi connectivity index (χ1n) is 7.38. The van der Waals surface area contributed by atoms with Gasteiger partial charge in [0.05, 0.1) is 0 Å². The quantitative estimate of drug-likeness (QED) is 0.592. The highest BCUT2D eigenvalue weighted by molar-refractivity contribution is 7.99. The Balaban J connectivity index is 1.81. The molecule has 0 radical (unpaired) electrons. The second-order valence-corrected chi connectivity index (χ2v) is 6.58. The van der Waals surface area contributed by atoms with Crippen LogP contribution in [-0.2, 0) is 33.3 Å². The Morgan fingerprint density at radius 3 is 2.33 bits per heavy atom. The molecule has 7 nitrogen and oxygen atoms in total. The average Bonchev–Trinajstić information content (AvgIpc) is 2.98. The Labute approximate surface area is 142 Å². The maximum absolute atomic E-state index is 11.9. The summed E-state index contributed by atoms with van der Waals surface area (Å²) < 4.78 is 21.4. The van der Waals surface area contributed by atoms with Gasteiger partial charge in [0, 0.05) is 18.7 Å². The highest BCUT2D eigenvalue weighted by Crippen LogP contribution is 2.41. The molecule has 24 heavy (non-hydrogen) atoms. The molecule has 0 saturated carbocycles. The zero-order chi connectivity index (χ0) is 17.3. The molecular formula is C16H16O7S. The Morgan fingerprint density at radius 1 is 1.04 bits per heavy atom. The lowest BCUT2D eigenvalue weighted by atomic mass is 10.1. The zero-order valence-electron chi connectivity index (χ0n) is 13.0. The van der Waals surface area contributed by atoms with Gasteiger partial charge in [0.25, 0.3) is 0 Å². The van der Waals surface area contributed by atoms with Gasteiger partial charge in [-0.2, -0.15) is 0 Å². The van der Waals surface area contributed by atoms with Crippen molar-refractivity contribution in [3.05, 3.63) is 30.3 Å². The molecule has 128 valence electrons. The Kier molecular flexibility index (Phi) is 4.77. The molecule has 2 aliphatic rings. The number of hydrogen-bond donors (Lipinski definition) is 0. The Morgan fingerprint density at radius 2 is 1.71 bits per heavy atom. The summed E-state index contributed by atoms with van der Waals surface area (Å²) in [6.07, 6.45) is -3.52. The number of carbonyl (C=O) groups is 3. The summed E-state index contributed by atoms with van der Waals surface area (Å²) in [7, 11) is 0. The van der Waals surface area contributed by atoms with Crippen LogP contribution in [-0.4, -0.2) is 47.8 Å². The van der Waals surface area contributed by atoms with Crippen LogP contribution in [0.1, 0.15) is 13.8 Å². The molecule has 1 aromatic rings. The van der Waals surface area contributed by atoms with Crippen molar-refractivity contribution in [3.63, 3.8) is 0 Å². The summed E-state index contributed by atoms with van der Waals surface area (Å²) in [5.41, 5.74) is -0.572. The van der Waals surface area contributed by atoms with E-state index in [9.17, 15) is 14.4 Å². The largest absolute Gasteiger partial charge is 0.455 e. The fraction of sp³-hybridized carbons (Fsp3) is 0.438. The fourth-order valence-electron chi connectivity index (χ4n) is 2.70. The number of benzene rings is 1. The number of ether oxygens (including phenoxy) is 4. The van der Waals surface area contributed by atoms with E-state index in [0.29, 0.717) is 0 Å². The molecule has 0 spiro atoms. The maximum Gasteiger partial charge on any atom is 0.350 e. The lowest BCUT2D eigenvalue weighted by Gasteiger charge is -2.21. The van der Waals surface area contributed by atoms with Crippen molar-refractivity contribution in [2.45, 2.75) is 48.6 Å². The summed E-state index contributed by atoms with van der Waals surface area (Å²) in [4.78, 5) is 35.4. The summed E-state index contributed by atoms with van der Waals surface area (Å²) in [5.74, 6) is -1.81. The van der Waals surface area contributed by atoms with Crippen molar-refractivity contribution in [3.8, 4) is 0 Å². The van der Waals surface area contributed by atoms with Gasteiger partial charge in [-0.1, -0.05) is 30.0 Å². The van der Waals surface area contributed by atoms with Crippen LogP contribution in [0.4, 0.5) is 0 Å². The first-order chi connectivity index (χ1) is 11.5. The van der Waals surface area contributed by atoms with E-state index in [1.807, 2.05) is 30.3 Å². The summed E-state index contributed by atoms with van der Waals surface area (Å²) in [6, 6.07) is 9.42. The number of rotatable bonds is 4. The molecule has 8 heteroatoms. The fourth-order valence-corrected chi connectivity index (χ4v) is 3.81. The van der Waals surface area contributed by atoms with Crippen molar-refractivity contribution in [1.82, 2.24) is 0 Å². The highest BCUT2D eigenvalue weighted by atomic mass is 32.2. The first kappa shape index (κ1) is 16.8. The van der Waals surface area contributed by atoms with Crippen molar-refractivity contribution < 1.29 is 33.3 Å². The van der Waals surface area contributed by atoms with Gasteiger partial charge < -0.3 is 18.9 Å². The maximum atomic E-state index is 11.9. The van der Waals surface area contributed by atoms with Gasteiger partial charge >= 0.3 is 17.9 Å². The van der Waals surface area contributed by atoms with Crippen LogP contribution in [0.15, 0.2) is 35.2 Å². The molecule has 5 atom stereocenters. The molecule has 0 amide bonds. The second kappa shape index (κ2) is 6.82. The monoisotopic (exact) mass is 352 g/mol. The number of carbonyl (C=O) groups excluding carboxylic acids is 3. The SMILES string of the molecule is CC(=O)O[C@H]1[C@H]2OC(=O)[C@@H](OC(C)=O)[C@@H]2O[C@@H]1Sc1ccccc1. The van der Waals surface area contributed by atoms with E-state index in [1.54, 1.807) is 0 Å². The summed E-state index contributed by atoms with van der Waals surface area (Å²) in [5, 5.41) is 0. The van der Waals surface area contributed by atoms with Crippen LogP contribution < -0.4 is 0 Å². The lowest BCUT2D eigenvalue weighted by Crippen LogP contribution is -2.36. The van der Waals surface area contributed by atoms with E-state index in [-0.39, 0.29) is 0 Å². The minimum Gasteiger partial charge on any atom is -0.455 e. The third-order valence-electron chi connectivity index (χ3n) is 3.58. The lowest BCUT2D eigenvalue weighted by molar-refractivity contribution is -0.167. The molecule has 2 fully saturated rings. The predicted molar refractivity (Wildman–Crippen MR) is 81.9 cm³/mol. The Bertz CT molecular complexity index is 647. The van der Waals surface area contributed by atoms with Gasteiger partial charge in [-0.3, -0.25) is 9.59 Å². The minimum absolute atomic E-state index is 0.505. The van der Waals surface area contributed by atoms with E-state index in [2.05, 4.69) is 0 Å². The smallest absolute Gasteiger partial charge is 0.350 e. The highest BCUT2D eigenvalue weighted by Gasteiger charge is 2.60. The first-order valence-corrected chi connectivity index (χ1v) is 8.26. The van der Waals surface area contributed by atoms with Gasteiger partial charge in [0.2, 0.25) is 6.10 Å². The number of fused-ring (bicyclic) bond motifs is 1. The topological polar surface area (TPSA) is 88.1 Å². The third-order valence-corrected chi connectivity index (χ3v) is 4.74. The van der Waals surface area contributed by atoms with Crippen molar-refractivity contribution in [1.29, 1.82) is 0 Å². The molecule has 2 aliphatic heterocycles. The van der Waals surface area contributed by atoms with Crippen LogP contribution in [0.3, 0.4) is 0 Å². The number of esters is 3. The third kappa shape index (κ3) is 3.39. The minimum atomic E-state index is -1.15. The van der Waals surface area contributed by atoms with Crippen LogP contribution in [0.25, 0.3) is 0 Å². The molecule has 0 unspecified atom stereocenters. The normalized spacial score (nSPS) is 31.2. The van der Waals surface area contributed by atoms with E-state index in [0.717, 1.165) is 4.90 Å². The molecule has 0 bridgehead atoms.